The molecule has 0 amide bonds. The number of nitrogens with zero attached hydrogens (tertiary/aromatic N) is 1. The number of nitrogens with one attached hydrogen (secondary N) is 1. The van der Waals surface area contributed by atoms with Crippen LogP contribution in [0.25, 0.3) is 17.0 Å². The zero-order valence-electron chi connectivity index (χ0n) is 15.1. The van der Waals surface area contributed by atoms with Crippen LogP contribution in [0, 0.1) is 0 Å². The third kappa shape index (κ3) is 3.34. The minimum Gasteiger partial charge on any atom is -0.356 e. The summed E-state index contributed by atoms with van der Waals surface area (Å²) in [5.41, 5.74) is 5.33. The fourth-order valence-electron chi connectivity index (χ4n) is 3.68. The van der Waals surface area contributed by atoms with Crippen LogP contribution in [0.2, 0.25) is 0 Å². The van der Waals surface area contributed by atoms with E-state index in [4.69, 9.17) is 0 Å². The molecule has 0 aliphatic heterocycles. The van der Waals surface area contributed by atoms with Gasteiger partial charge in [0.1, 0.15) is 0 Å². The third-order valence-electron chi connectivity index (χ3n) is 4.78. The van der Waals surface area contributed by atoms with Gasteiger partial charge in [0.25, 0.3) is 0 Å². The number of aromatic amines is 1. The second-order valence-corrected chi connectivity index (χ2v) is 7.81. The van der Waals surface area contributed by atoms with Gasteiger partial charge in [-0.05, 0) is 49.3 Å². The zero-order chi connectivity index (χ0) is 18.0. The van der Waals surface area contributed by atoms with E-state index in [2.05, 4.69) is 68.9 Å². The summed E-state index contributed by atoms with van der Waals surface area (Å²) in [6.45, 7) is 7.95. The summed E-state index contributed by atoms with van der Waals surface area (Å²) in [7, 11) is 0. The summed E-state index contributed by atoms with van der Waals surface area (Å²) in [4.78, 5) is 4.98. The van der Waals surface area contributed by atoms with Gasteiger partial charge in [0.2, 0.25) is 0 Å². The van der Waals surface area contributed by atoms with Gasteiger partial charge >= 0.3 is 0 Å². The highest BCUT2D eigenvalue weighted by Gasteiger charge is 2.26. The largest absolute Gasteiger partial charge is 0.356 e. The SMILES string of the molecule is C=Cc1cn(C2CCCc3c2[nH]c2ccc(Br)cc32)cc1SC.CC. The molecule has 3 aromatic rings. The van der Waals surface area contributed by atoms with E-state index in [0.717, 1.165) is 10.9 Å². The van der Waals surface area contributed by atoms with E-state index in [1.54, 1.807) is 11.8 Å². The third-order valence-corrected chi connectivity index (χ3v) is 6.05. The molecular weight excluding hydrogens is 392 g/mol. The molecule has 1 unspecified atom stereocenters. The van der Waals surface area contributed by atoms with Crippen LogP contribution in [-0.4, -0.2) is 15.8 Å². The number of aromatic nitrogens is 2. The van der Waals surface area contributed by atoms with Crippen molar-refractivity contribution in [2.24, 2.45) is 0 Å². The maximum atomic E-state index is 3.95. The monoisotopic (exact) mass is 416 g/mol. The van der Waals surface area contributed by atoms with Crippen LogP contribution in [0.4, 0.5) is 0 Å². The number of hydrogen-bond acceptors (Lipinski definition) is 1. The Balaban J connectivity index is 0.000000880. The molecule has 0 saturated carbocycles. The molecular formula is C21H25BrN2S. The molecule has 1 aromatic carbocycles. The van der Waals surface area contributed by atoms with E-state index < -0.39 is 0 Å². The molecule has 0 radical (unpaired) electrons. The minimum atomic E-state index is 0.393. The molecule has 2 nitrogen and oxygen atoms in total. The number of aryl methyl sites for hydroxylation is 1. The highest BCUT2D eigenvalue weighted by molar-refractivity contribution is 9.10. The van der Waals surface area contributed by atoms with Gasteiger partial charge in [0, 0.05) is 43.9 Å². The van der Waals surface area contributed by atoms with Gasteiger partial charge in [-0.25, -0.2) is 0 Å². The lowest BCUT2D eigenvalue weighted by Crippen LogP contribution is -2.15. The van der Waals surface area contributed by atoms with Gasteiger partial charge in [-0.2, -0.15) is 0 Å². The van der Waals surface area contributed by atoms with Crippen molar-refractivity contribution >= 4 is 44.7 Å². The molecule has 0 saturated heterocycles. The van der Waals surface area contributed by atoms with Crippen LogP contribution >= 0.6 is 27.7 Å². The summed E-state index contributed by atoms with van der Waals surface area (Å²) >= 11 is 5.39. The van der Waals surface area contributed by atoms with Gasteiger partial charge in [0.15, 0.2) is 0 Å². The number of H-pyrrole nitrogens is 1. The van der Waals surface area contributed by atoms with E-state index in [1.807, 2.05) is 19.9 Å². The van der Waals surface area contributed by atoms with Gasteiger partial charge in [0.05, 0.1) is 6.04 Å². The zero-order valence-corrected chi connectivity index (χ0v) is 17.5. The van der Waals surface area contributed by atoms with Crippen molar-refractivity contribution in [1.29, 1.82) is 0 Å². The maximum absolute atomic E-state index is 3.95. The topological polar surface area (TPSA) is 20.7 Å². The van der Waals surface area contributed by atoms with Gasteiger partial charge < -0.3 is 9.55 Å². The Kier molecular flexibility index (Phi) is 5.80. The quantitative estimate of drug-likeness (QED) is 0.453. The van der Waals surface area contributed by atoms with Crippen LogP contribution in [0.5, 0.6) is 0 Å². The summed E-state index contributed by atoms with van der Waals surface area (Å²) in [5, 5.41) is 1.36. The maximum Gasteiger partial charge on any atom is 0.0733 e. The van der Waals surface area contributed by atoms with Crippen molar-refractivity contribution < 1.29 is 0 Å². The Morgan fingerprint density at radius 2 is 2.12 bits per heavy atom. The number of hydrogen-bond donors (Lipinski definition) is 1. The average Bonchev–Trinajstić information content (AvgIpc) is 3.24. The standard InChI is InChI=1S/C19H19BrN2S.C2H6/c1-3-12-10-22(11-18(12)23-2)17-6-4-5-14-15-9-13(20)7-8-16(15)21-19(14)17;1-2/h3,7-11,17,21H,1,4-6H2,2H3;1-2H3. The van der Waals surface area contributed by atoms with Crippen LogP contribution in [0.3, 0.4) is 0 Å². The normalized spacial score (nSPS) is 16.2. The molecule has 1 N–H and O–H groups in total. The van der Waals surface area contributed by atoms with Gasteiger partial charge in [-0.3, -0.25) is 0 Å². The molecule has 2 heterocycles. The first-order chi connectivity index (χ1) is 12.2. The van der Waals surface area contributed by atoms with Crippen molar-refractivity contribution in [1.82, 2.24) is 9.55 Å². The van der Waals surface area contributed by atoms with Gasteiger partial charge in [-0.15, -0.1) is 11.8 Å². The summed E-state index contributed by atoms with van der Waals surface area (Å²) in [6, 6.07) is 6.92. The summed E-state index contributed by atoms with van der Waals surface area (Å²) < 4.78 is 3.51. The lowest BCUT2D eigenvalue weighted by Gasteiger charge is -2.24. The molecule has 1 aliphatic rings. The fraction of sp³-hybridized carbons (Fsp3) is 0.333. The first kappa shape index (κ1) is 18.4. The Morgan fingerprint density at radius 3 is 2.80 bits per heavy atom. The van der Waals surface area contributed by atoms with Crippen molar-refractivity contribution in [2.45, 2.75) is 44.0 Å². The fourth-order valence-corrected chi connectivity index (χ4v) is 4.64. The van der Waals surface area contributed by atoms with Crippen molar-refractivity contribution in [3.05, 3.63) is 58.5 Å². The number of benzene rings is 1. The van der Waals surface area contributed by atoms with E-state index >= 15 is 0 Å². The lowest BCUT2D eigenvalue weighted by molar-refractivity contribution is 0.483. The summed E-state index contributed by atoms with van der Waals surface area (Å²) in [5.74, 6) is 0. The van der Waals surface area contributed by atoms with Gasteiger partial charge in [-0.1, -0.05) is 42.4 Å². The number of thioether (sulfide) groups is 1. The molecule has 2 aromatic heterocycles. The van der Waals surface area contributed by atoms with Crippen LogP contribution in [0.15, 0.2) is 46.5 Å². The predicted molar refractivity (Wildman–Crippen MR) is 115 cm³/mol. The van der Waals surface area contributed by atoms with Crippen LogP contribution in [0.1, 0.15) is 49.6 Å². The Hall–Kier alpha value is -1.39. The highest BCUT2D eigenvalue weighted by atomic mass is 79.9. The molecule has 1 aliphatic carbocycles. The predicted octanol–water partition coefficient (Wildman–Crippen LogP) is 7.05. The molecule has 0 spiro atoms. The van der Waals surface area contributed by atoms with E-state index in [-0.39, 0.29) is 0 Å². The van der Waals surface area contributed by atoms with Crippen molar-refractivity contribution in [2.75, 3.05) is 6.26 Å². The smallest absolute Gasteiger partial charge is 0.0733 e. The molecule has 4 rings (SSSR count). The first-order valence-corrected chi connectivity index (χ1v) is 10.9. The van der Waals surface area contributed by atoms with Crippen LogP contribution in [-0.2, 0) is 6.42 Å². The minimum absolute atomic E-state index is 0.393. The molecule has 25 heavy (non-hydrogen) atoms. The molecule has 0 fully saturated rings. The second-order valence-electron chi connectivity index (χ2n) is 6.05. The Bertz CT molecular complexity index is 891. The summed E-state index contributed by atoms with van der Waals surface area (Å²) in [6.07, 6.45) is 12.2. The lowest BCUT2D eigenvalue weighted by atomic mass is 9.91. The van der Waals surface area contributed by atoms with Crippen LogP contribution < -0.4 is 0 Å². The number of halogens is 1. The number of rotatable bonds is 3. The van der Waals surface area contributed by atoms with E-state index in [0.29, 0.717) is 6.04 Å². The number of fused-ring (bicyclic) bond motifs is 3. The molecule has 1 atom stereocenters. The molecule has 132 valence electrons. The van der Waals surface area contributed by atoms with E-state index in [1.165, 1.54) is 45.5 Å². The second kappa shape index (κ2) is 7.88. The molecule has 4 heteroatoms. The van der Waals surface area contributed by atoms with E-state index in [9.17, 15) is 0 Å². The highest BCUT2D eigenvalue weighted by Crippen LogP contribution is 2.39. The first-order valence-electron chi connectivity index (χ1n) is 8.89. The Morgan fingerprint density at radius 1 is 1.32 bits per heavy atom. The van der Waals surface area contributed by atoms with Crippen molar-refractivity contribution in [3.8, 4) is 0 Å². The average molecular weight is 417 g/mol. The van der Waals surface area contributed by atoms with Crippen molar-refractivity contribution in [3.63, 3.8) is 0 Å². The molecule has 0 bridgehead atoms. The Labute approximate surface area is 162 Å².